The van der Waals surface area contributed by atoms with Crippen LogP contribution in [0, 0.1) is 10.6 Å². The molecule has 4 heteroatoms. The minimum absolute atomic E-state index is 0.0913. The summed E-state index contributed by atoms with van der Waals surface area (Å²) >= 11 is 1.60. The van der Waals surface area contributed by atoms with Crippen LogP contribution < -0.4 is 21.2 Å². The Morgan fingerprint density at radius 3 is 3.08 bits per heavy atom. The van der Waals surface area contributed by atoms with Crippen LogP contribution in [0.4, 0.5) is 0 Å². The zero-order chi connectivity index (χ0) is 8.55. The zero-order valence-corrected chi connectivity index (χ0v) is 9.81. The number of halogens is 1. The summed E-state index contributed by atoms with van der Waals surface area (Å²) in [6.45, 7) is 2.07. The average Bonchev–Trinajstić information content (AvgIpc) is 2.46. The molecule has 0 saturated carbocycles. The Balaban J connectivity index is 2.75. The number of aryl methyl sites for hydroxylation is 1. The van der Waals surface area contributed by atoms with Crippen molar-refractivity contribution in [2.45, 2.75) is 6.92 Å². The Morgan fingerprint density at radius 2 is 2.33 bits per heavy atom. The summed E-state index contributed by atoms with van der Waals surface area (Å²) in [4.78, 5) is 7.64. The van der Waals surface area contributed by atoms with Crippen LogP contribution in [0.1, 0.15) is 5.56 Å². The van der Waals surface area contributed by atoms with Gasteiger partial charge in [0, 0.05) is 0 Å². The maximum atomic E-state index is 4.38. The Hall–Kier alpha value is -0.230. The van der Waals surface area contributed by atoms with Crippen LogP contribution in [-0.2, 0) is 0 Å². The molecular formula is C8H8IN2S-. The number of alkyl halides is 1. The Labute approximate surface area is 85.4 Å². The van der Waals surface area contributed by atoms with Crippen LogP contribution in [-0.4, -0.2) is 14.3 Å². The summed E-state index contributed by atoms with van der Waals surface area (Å²) in [5.41, 5.74) is 1.22. The standard InChI is InChI=1S/C8H8IN2S/c1-5-3-6-7(9-2)11-12-8(6)10-4-5/h3-4H,1-2H3/q-1. The molecule has 0 fully saturated rings. The molecular weight excluding hydrogens is 283 g/mol. The molecule has 0 aliphatic carbocycles. The third kappa shape index (κ3) is 1.33. The molecule has 0 amide bonds. The van der Waals surface area contributed by atoms with Gasteiger partial charge in [0.2, 0.25) is 0 Å². The van der Waals surface area contributed by atoms with E-state index in [0.717, 1.165) is 4.83 Å². The van der Waals surface area contributed by atoms with Crippen molar-refractivity contribution in [1.82, 2.24) is 9.36 Å². The molecule has 0 aliphatic heterocycles. The molecule has 12 heavy (non-hydrogen) atoms. The second-order valence-corrected chi connectivity index (χ2v) is 5.38. The topological polar surface area (TPSA) is 25.8 Å². The molecule has 64 valence electrons. The Bertz CT molecular complexity index is 410. The van der Waals surface area contributed by atoms with Crippen molar-refractivity contribution in [3.05, 3.63) is 21.5 Å². The van der Waals surface area contributed by atoms with Gasteiger partial charge in [-0.15, -0.1) is 0 Å². The van der Waals surface area contributed by atoms with Crippen LogP contribution in [0.15, 0.2) is 12.3 Å². The zero-order valence-electron chi connectivity index (χ0n) is 6.84. The molecule has 0 radical (unpaired) electrons. The molecule has 2 aromatic heterocycles. The van der Waals surface area contributed by atoms with E-state index in [1.807, 2.05) is 6.20 Å². The SMILES string of the molecule is C[I-]c1nsc2ncc(C)cc12. The second-order valence-electron chi connectivity index (χ2n) is 2.53. The molecule has 0 atom stereocenters. The monoisotopic (exact) mass is 291 g/mol. The molecule has 0 aliphatic rings. The Morgan fingerprint density at radius 1 is 1.50 bits per heavy atom. The number of nitrogens with zero attached hydrogens (tertiary/aromatic N) is 2. The summed E-state index contributed by atoms with van der Waals surface area (Å²) in [6, 6.07) is 2.18. The molecule has 2 rings (SSSR count). The van der Waals surface area contributed by atoms with Gasteiger partial charge in [0.15, 0.2) is 0 Å². The van der Waals surface area contributed by atoms with E-state index >= 15 is 0 Å². The van der Waals surface area contributed by atoms with Crippen molar-refractivity contribution in [2.24, 2.45) is 0 Å². The molecule has 0 unspecified atom stereocenters. The summed E-state index contributed by atoms with van der Waals surface area (Å²) in [6.07, 6.45) is 1.90. The minimum atomic E-state index is 0.0913. The summed E-state index contributed by atoms with van der Waals surface area (Å²) in [5.74, 6) is 0. The number of hydrogen-bond acceptors (Lipinski definition) is 3. The van der Waals surface area contributed by atoms with E-state index in [1.54, 1.807) is 0 Å². The first-order valence-corrected chi connectivity index (χ1v) is 7.53. The van der Waals surface area contributed by atoms with Crippen LogP contribution in [0.25, 0.3) is 10.2 Å². The third-order valence-corrected chi connectivity index (χ3v) is 4.54. The predicted octanol–water partition coefficient (Wildman–Crippen LogP) is -1.11. The number of hydrogen-bond donors (Lipinski definition) is 0. The summed E-state index contributed by atoms with van der Waals surface area (Å²) in [5, 5.41) is 1.27. The van der Waals surface area contributed by atoms with Crippen molar-refractivity contribution < 1.29 is 21.2 Å². The maximum absolute atomic E-state index is 4.38. The molecule has 0 aromatic carbocycles. The Kier molecular flexibility index (Phi) is 2.27. The van der Waals surface area contributed by atoms with Gasteiger partial charge in [0.05, 0.1) is 0 Å². The van der Waals surface area contributed by atoms with Crippen LogP contribution in [0.5, 0.6) is 0 Å². The average molecular weight is 291 g/mol. The van der Waals surface area contributed by atoms with E-state index in [1.165, 1.54) is 26.2 Å². The van der Waals surface area contributed by atoms with E-state index < -0.39 is 0 Å². The van der Waals surface area contributed by atoms with Crippen LogP contribution in [0.2, 0.25) is 0 Å². The third-order valence-electron chi connectivity index (χ3n) is 1.60. The van der Waals surface area contributed by atoms with E-state index in [0.29, 0.717) is 0 Å². The van der Waals surface area contributed by atoms with Crippen molar-refractivity contribution in [2.75, 3.05) is 4.93 Å². The number of aromatic nitrogens is 2. The normalized spacial score (nSPS) is 11.2. The van der Waals surface area contributed by atoms with Crippen molar-refractivity contribution in [1.29, 1.82) is 0 Å². The predicted molar refractivity (Wildman–Crippen MR) is 46.8 cm³/mol. The van der Waals surface area contributed by atoms with Gasteiger partial charge in [0.25, 0.3) is 0 Å². The first-order valence-electron chi connectivity index (χ1n) is 3.53. The van der Waals surface area contributed by atoms with E-state index in [-0.39, 0.29) is 21.2 Å². The second kappa shape index (κ2) is 3.26. The number of fused-ring (bicyclic) bond motifs is 1. The molecule has 0 saturated heterocycles. The molecule has 2 nitrogen and oxygen atoms in total. The summed E-state index contributed by atoms with van der Waals surface area (Å²) < 4.78 is 5.67. The van der Waals surface area contributed by atoms with E-state index in [2.05, 4.69) is 27.3 Å². The van der Waals surface area contributed by atoms with Crippen LogP contribution >= 0.6 is 11.5 Å². The van der Waals surface area contributed by atoms with Crippen molar-refractivity contribution in [3.63, 3.8) is 0 Å². The fraction of sp³-hybridized carbons (Fsp3) is 0.250. The molecule has 2 heterocycles. The van der Waals surface area contributed by atoms with Crippen molar-refractivity contribution >= 4 is 21.7 Å². The van der Waals surface area contributed by atoms with E-state index in [9.17, 15) is 0 Å². The van der Waals surface area contributed by atoms with Crippen LogP contribution in [0.3, 0.4) is 0 Å². The van der Waals surface area contributed by atoms with Gasteiger partial charge in [-0.05, 0) is 0 Å². The molecule has 2 aromatic rings. The van der Waals surface area contributed by atoms with Crippen molar-refractivity contribution in [3.8, 4) is 0 Å². The van der Waals surface area contributed by atoms with Gasteiger partial charge in [0.1, 0.15) is 0 Å². The van der Waals surface area contributed by atoms with E-state index in [4.69, 9.17) is 0 Å². The molecule has 0 spiro atoms. The van der Waals surface area contributed by atoms with Gasteiger partial charge in [-0.2, -0.15) is 0 Å². The number of pyridine rings is 1. The fourth-order valence-electron chi connectivity index (χ4n) is 1.05. The van der Waals surface area contributed by atoms with Gasteiger partial charge in [-0.1, -0.05) is 0 Å². The van der Waals surface area contributed by atoms with Gasteiger partial charge in [-0.3, -0.25) is 0 Å². The van der Waals surface area contributed by atoms with Gasteiger partial charge in [-0.25, -0.2) is 0 Å². The number of rotatable bonds is 1. The fourth-order valence-corrected chi connectivity index (χ4v) is 3.80. The molecule has 0 N–H and O–H groups in total. The first-order chi connectivity index (χ1) is 5.81. The summed E-state index contributed by atoms with van der Waals surface area (Å²) in [7, 11) is 0. The first kappa shape index (κ1) is 8.37. The van der Waals surface area contributed by atoms with Gasteiger partial charge < -0.3 is 0 Å². The quantitative estimate of drug-likeness (QED) is 0.492. The van der Waals surface area contributed by atoms with Gasteiger partial charge >= 0.3 is 85.7 Å². The molecule has 0 bridgehead atoms.